The third-order valence-corrected chi connectivity index (χ3v) is 5.46. The number of aliphatic hydroxyl groups is 1. The molecule has 6 nitrogen and oxygen atoms in total. The Balaban J connectivity index is 0.00000243. The van der Waals surface area contributed by atoms with Gasteiger partial charge in [-0.3, -0.25) is 4.99 Å². The number of guanidine groups is 1. The summed E-state index contributed by atoms with van der Waals surface area (Å²) in [6, 6.07) is 4.00. The molecule has 2 heterocycles. The van der Waals surface area contributed by atoms with Gasteiger partial charge in [0.25, 0.3) is 0 Å². The number of aromatic nitrogens is 1. The van der Waals surface area contributed by atoms with Gasteiger partial charge < -0.3 is 20.6 Å². The Morgan fingerprint density at radius 3 is 2.88 bits per heavy atom. The van der Waals surface area contributed by atoms with Crippen molar-refractivity contribution in [2.45, 2.75) is 50.2 Å². The molecule has 1 saturated carbocycles. The van der Waals surface area contributed by atoms with Crippen LogP contribution in [0.1, 0.15) is 38.5 Å². The highest BCUT2D eigenvalue weighted by atomic mass is 127. The van der Waals surface area contributed by atoms with E-state index in [1.54, 1.807) is 13.2 Å². The van der Waals surface area contributed by atoms with Crippen molar-refractivity contribution in [1.82, 2.24) is 15.6 Å². The van der Waals surface area contributed by atoms with Crippen LogP contribution in [0.3, 0.4) is 0 Å². The highest BCUT2D eigenvalue weighted by molar-refractivity contribution is 14.0. The van der Waals surface area contributed by atoms with Crippen molar-refractivity contribution < 1.29 is 5.11 Å². The zero-order valence-electron chi connectivity index (χ0n) is 15.2. The molecular weight excluding hydrogens is 465 g/mol. The van der Waals surface area contributed by atoms with E-state index in [0.29, 0.717) is 11.6 Å². The second-order valence-electron chi connectivity index (χ2n) is 7.10. The fourth-order valence-corrected chi connectivity index (χ4v) is 3.94. The summed E-state index contributed by atoms with van der Waals surface area (Å²) in [7, 11) is 1.77. The molecule has 2 fully saturated rings. The van der Waals surface area contributed by atoms with E-state index in [4.69, 9.17) is 11.6 Å². The molecule has 1 aromatic rings. The minimum absolute atomic E-state index is 0. The van der Waals surface area contributed by atoms with E-state index >= 15 is 0 Å². The van der Waals surface area contributed by atoms with Gasteiger partial charge in [-0.25, -0.2) is 4.98 Å². The van der Waals surface area contributed by atoms with Crippen molar-refractivity contribution in [3.63, 3.8) is 0 Å². The number of nitrogens with one attached hydrogen (secondary N) is 2. The van der Waals surface area contributed by atoms with Crippen molar-refractivity contribution >= 4 is 47.4 Å². The fourth-order valence-electron chi connectivity index (χ4n) is 3.70. The minimum atomic E-state index is -0.598. The van der Waals surface area contributed by atoms with Crippen molar-refractivity contribution in [3.05, 3.63) is 23.4 Å². The number of hydrogen-bond acceptors (Lipinski definition) is 4. The summed E-state index contributed by atoms with van der Waals surface area (Å²) in [5.74, 6) is 1.59. The number of pyridine rings is 1. The van der Waals surface area contributed by atoms with Gasteiger partial charge in [0, 0.05) is 38.9 Å². The van der Waals surface area contributed by atoms with Crippen molar-refractivity contribution in [2.24, 2.45) is 4.99 Å². The quantitative estimate of drug-likeness (QED) is 0.342. The third-order valence-electron chi connectivity index (χ3n) is 5.16. The number of anilines is 1. The first kappa shape index (κ1) is 21.5. The number of hydrogen-bond donors (Lipinski definition) is 3. The molecule has 1 aliphatic carbocycles. The summed E-state index contributed by atoms with van der Waals surface area (Å²) in [6.45, 7) is 2.30. The van der Waals surface area contributed by atoms with Gasteiger partial charge in [0.2, 0.25) is 0 Å². The lowest BCUT2D eigenvalue weighted by Crippen LogP contribution is -2.50. The molecule has 0 radical (unpaired) electrons. The normalized spacial score (nSPS) is 22.7. The Morgan fingerprint density at radius 1 is 1.42 bits per heavy atom. The van der Waals surface area contributed by atoms with Crippen LogP contribution < -0.4 is 15.5 Å². The Morgan fingerprint density at radius 2 is 2.19 bits per heavy atom. The monoisotopic (exact) mass is 493 g/mol. The van der Waals surface area contributed by atoms with Crippen LogP contribution in [0.25, 0.3) is 0 Å². The molecule has 1 atom stereocenters. The molecule has 1 aliphatic heterocycles. The Kier molecular flexibility index (Phi) is 8.22. The van der Waals surface area contributed by atoms with Gasteiger partial charge in [0.05, 0.1) is 10.6 Å². The smallest absolute Gasteiger partial charge is 0.191 e. The summed E-state index contributed by atoms with van der Waals surface area (Å²) >= 11 is 6.25. The first-order chi connectivity index (χ1) is 12.1. The summed E-state index contributed by atoms with van der Waals surface area (Å²) in [6.07, 6.45) is 7.94. The zero-order chi connectivity index (χ0) is 17.7. The molecule has 146 valence electrons. The van der Waals surface area contributed by atoms with Crippen LogP contribution in [0.5, 0.6) is 0 Å². The molecule has 1 unspecified atom stereocenters. The summed E-state index contributed by atoms with van der Waals surface area (Å²) in [5, 5.41) is 18.1. The van der Waals surface area contributed by atoms with Gasteiger partial charge in [-0.05, 0) is 31.4 Å². The maximum absolute atomic E-state index is 10.6. The van der Waals surface area contributed by atoms with Gasteiger partial charge in [-0.1, -0.05) is 30.9 Å². The number of rotatable bonds is 4. The summed E-state index contributed by atoms with van der Waals surface area (Å²) in [5.41, 5.74) is -0.598. The predicted octanol–water partition coefficient (Wildman–Crippen LogP) is 2.79. The Bertz CT molecular complexity index is 609. The molecule has 26 heavy (non-hydrogen) atoms. The van der Waals surface area contributed by atoms with Gasteiger partial charge in [-0.2, -0.15) is 0 Å². The molecule has 0 bridgehead atoms. The van der Waals surface area contributed by atoms with Crippen LogP contribution in [0.2, 0.25) is 5.02 Å². The first-order valence-corrected chi connectivity index (χ1v) is 9.52. The first-order valence-electron chi connectivity index (χ1n) is 9.15. The lowest BCUT2D eigenvalue weighted by molar-refractivity contribution is 0.00856. The molecule has 1 saturated heterocycles. The van der Waals surface area contributed by atoms with Crippen LogP contribution >= 0.6 is 35.6 Å². The molecule has 0 aromatic carbocycles. The van der Waals surface area contributed by atoms with Gasteiger partial charge >= 0.3 is 0 Å². The van der Waals surface area contributed by atoms with Gasteiger partial charge in [0.1, 0.15) is 5.82 Å². The Labute approximate surface area is 177 Å². The minimum Gasteiger partial charge on any atom is -0.388 e. The van der Waals surface area contributed by atoms with Crippen molar-refractivity contribution in [1.29, 1.82) is 0 Å². The van der Waals surface area contributed by atoms with E-state index in [1.165, 1.54) is 6.42 Å². The van der Waals surface area contributed by atoms with Gasteiger partial charge in [0.15, 0.2) is 5.96 Å². The van der Waals surface area contributed by atoms with Crippen molar-refractivity contribution in [2.75, 3.05) is 31.6 Å². The topological polar surface area (TPSA) is 72.8 Å². The highest BCUT2D eigenvalue weighted by Gasteiger charge is 2.30. The molecule has 1 aromatic heterocycles. The fraction of sp³-hybridized carbons (Fsp3) is 0.667. The van der Waals surface area contributed by atoms with E-state index < -0.39 is 5.60 Å². The molecule has 8 heteroatoms. The van der Waals surface area contributed by atoms with Crippen LogP contribution in [-0.2, 0) is 0 Å². The molecule has 0 spiro atoms. The van der Waals surface area contributed by atoms with E-state index in [0.717, 1.165) is 57.0 Å². The Hall–Kier alpha value is -0.800. The van der Waals surface area contributed by atoms with E-state index in [2.05, 4.69) is 25.5 Å². The number of aliphatic imine (C=N–C) groups is 1. The lowest BCUT2D eigenvalue weighted by atomic mass is 9.85. The molecule has 0 amide bonds. The second kappa shape index (κ2) is 9.94. The SMILES string of the molecule is CN=C(NCC1(O)CCCCC1)NC1CCN(c2ncccc2Cl)C1.I. The van der Waals surface area contributed by atoms with Crippen LogP contribution in [-0.4, -0.2) is 54.4 Å². The van der Waals surface area contributed by atoms with E-state index in [9.17, 15) is 5.11 Å². The van der Waals surface area contributed by atoms with Gasteiger partial charge in [-0.15, -0.1) is 24.0 Å². The zero-order valence-corrected chi connectivity index (χ0v) is 18.3. The predicted molar refractivity (Wildman–Crippen MR) is 118 cm³/mol. The number of halogens is 2. The third kappa shape index (κ3) is 5.60. The highest BCUT2D eigenvalue weighted by Crippen LogP contribution is 2.27. The largest absolute Gasteiger partial charge is 0.388 e. The molecule has 3 N–H and O–H groups in total. The summed E-state index contributed by atoms with van der Waals surface area (Å²) < 4.78 is 0. The van der Waals surface area contributed by atoms with Crippen LogP contribution in [0.4, 0.5) is 5.82 Å². The van der Waals surface area contributed by atoms with E-state index in [1.807, 2.05) is 12.1 Å². The molecule has 3 rings (SSSR count). The average molecular weight is 494 g/mol. The van der Waals surface area contributed by atoms with Crippen LogP contribution in [0, 0.1) is 0 Å². The van der Waals surface area contributed by atoms with E-state index in [-0.39, 0.29) is 30.0 Å². The second-order valence-corrected chi connectivity index (χ2v) is 7.50. The molecular formula is C18H29ClIN5O. The number of nitrogens with zero attached hydrogens (tertiary/aromatic N) is 3. The average Bonchev–Trinajstić information content (AvgIpc) is 3.08. The summed E-state index contributed by atoms with van der Waals surface area (Å²) in [4.78, 5) is 10.9. The molecule has 2 aliphatic rings. The lowest BCUT2D eigenvalue weighted by Gasteiger charge is -2.33. The maximum Gasteiger partial charge on any atom is 0.191 e. The van der Waals surface area contributed by atoms with Crippen LogP contribution in [0.15, 0.2) is 23.3 Å². The van der Waals surface area contributed by atoms with Crippen molar-refractivity contribution in [3.8, 4) is 0 Å². The maximum atomic E-state index is 10.6. The standard InChI is InChI=1S/C18H28ClN5O.HI/c1-20-17(22-13-18(25)8-3-2-4-9-18)23-14-7-11-24(12-14)16-15(19)6-5-10-21-16;/h5-6,10,14,25H,2-4,7-9,11-13H2,1H3,(H2,20,22,23);1H.